The number of anilines is 1. The second-order valence-electron chi connectivity index (χ2n) is 9.14. The number of rotatable bonds is 7. The monoisotopic (exact) mass is 459 g/mol. The van der Waals surface area contributed by atoms with Gasteiger partial charge in [-0.3, -0.25) is 14.3 Å². The van der Waals surface area contributed by atoms with Crippen molar-refractivity contribution >= 4 is 5.69 Å². The number of hydrogen-bond donors (Lipinski definition) is 1. The number of piperazine rings is 1. The lowest BCUT2D eigenvalue weighted by atomic mass is 9.95. The Morgan fingerprint density at radius 1 is 1.00 bits per heavy atom. The fourth-order valence-electron chi connectivity index (χ4n) is 5.04. The van der Waals surface area contributed by atoms with Crippen LogP contribution in [0.15, 0.2) is 65.7 Å². The number of hydrogen-bond acceptors (Lipinski definition) is 6. The van der Waals surface area contributed by atoms with Gasteiger partial charge in [0.1, 0.15) is 5.75 Å². The molecule has 0 aliphatic carbocycles. The Morgan fingerprint density at radius 2 is 1.76 bits per heavy atom. The van der Waals surface area contributed by atoms with Crippen molar-refractivity contribution in [1.29, 1.82) is 0 Å². The zero-order valence-corrected chi connectivity index (χ0v) is 19.8. The van der Waals surface area contributed by atoms with Gasteiger partial charge in [0.2, 0.25) is 0 Å². The third-order valence-corrected chi connectivity index (χ3v) is 7.01. The molecular formula is C27H33N5O2. The maximum absolute atomic E-state index is 13.2. The fourth-order valence-corrected chi connectivity index (χ4v) is 5.04. The summed E-state index contributed by atoms with van der Waals surface area (Å²) in [6, 6.07) is 18.9. The van der Waals surface area contributed by atoms with Crippen LogP contribution in [0.5, 0.6) is 5.75 Å². The first-order chi connectivity index (χ1) is 16.7. The summed E-state index contributed by atoms with van der Waals surface area (Å²) < 4.78 is 7.33. The third kappa shape index (κ3) is 5.00. The average Bonchev–Trinajstić information content (AvgIpc) is 2.89. The highest BCUT2D eigenvalue weighted by Gasteiger charge is 2.24. The Kier molecular flexibility index (Phi) is 6.92. The van der Waals surface area contributed by atoms with E-state index in [2.05, 4.69) is 56.5 Å². The van der Waals surface area contributed by atoms with E-state index in [4.69, 9.17) is 4.74 Å². The number of benzene rings is 2. The molecule has 178 valence electrons. The number of aromatic nitrogens is 2. The molecule has 0 bridgehead atoms. The quantitative estimate of drug-likeness (QED) is 0.585. The van der Waals surface area contributed by atoms with Crippen LogP contribution in [-0.2, 0) is 25.9 Å². The molecule has 3 aromatic rings. The first kappa shape index (κ1) is 22.6. The zero-order valence-electron chi connectivity index (χ0n) is 19.8. The van der Waals surface area contributed by atoms with Gasteiger partial charge in [-0.1, -0.05) is 42.5 Å². The van der Waals surface area contributed by atoms with E-state index < -0.39 is 0 Å². The van der Waals surface area contributed by atoms with Crippen molar-refractivity contribution in [3.8, 4) is 5.75 Å². The lowest BCUT2D eigenvalue weighted by molar-refractivity contribution is 0.245. The van der Waals surface area contributed by atoms with E-state index in [1.54, 1.807) is 18.0 Å². The molecule has 1 atom stereocenters. The van der Waals surface area contributed by atoms with Crippen molar-refractivity contribution in [3.63, 3.8) is 0 Å². The molecule has 1 saturated heterocycles. The number of fused-ring (bicyclic) bond motifs is 1. The standard InChI is InChI=1S/C27H33N5O2/c1-34-26-10-6-5-9-25(26)31-14-11-30(12-15-31)13-16-32-20-29-24-19-28-22(18-23(24)27(32)33)17-21-7-3-2-4-8-21/h2-10,20,22,28H,11-19H2,1H3. The highest BCUT2D eigenvalue weighted by atomic mass is 16.5. The lowest BCUT2D eigenvalue weighted by Crippen LogP contribution is -2.48. The SMILES string of the molecule is COc1ccccc1N1CCN(CCn2cnc3c(c2=O)CC(Cc2ccccc2)NC3)CC1. The van der Waals surface area contributed by atoms with Gasteiger partial charge in [0.15, 0.2) is 0 Å². The van der Waals surface area contributed by atoms with E-state index in [9.17, 15) is 4.79 Å². The Hall–Kier alpha value is -3.16. The van der Waals surface area contributed by atoms with Gasteiger partial charge in [-0.05, 0) is 30.5 Å². The molecule has 7 heteroatoms. The van der Waals surface area contributed by atoms with Crippen LogP contribution < -0.4 is 20.5 Å². The maximum atomic E-state index is 13.2. The summed E-state index contributed by atoms with van der Waals surface area (Å²) in [5, 5.41) is 3.55. The molecule has 1 unspecified atom stereocenters. The Bertz CT molecular complexity index is 1160. The summed E-state index contributed by atoms with van der Waals surface area (Å²) in [5.74, 6) is 0.919. The van der Waals surface area contributed by atoms with Crippen molar-refractivity contribution in [2.75, 3.05) is 44.7 Å². The van der Waals surface area contributed by atoms with Crippen molar-refractivity contribution in [2.45, 2.75) is 32.0 Å². The van der Waals surface area contributed by atoms with Crippen LogP contribution in [0.25, 0.3) is 0 Å². The second kappa shape index (κ2) is 10.4. The summed E-state index contributed by atoms with van der Waals surface area (Å²) in [6.07, 6.45) is 3.38. The molecule has 0 saturated carbocycles. The normalized spacial score (nSPS) is 18.5. The average molecular weight is 460 g/mol. The molecule has 1 fully saturated rings. The van der Waals surface area contributed by atoms with Gasteiger partial charge in [-0.2, -0.15) is 0 Å². The van der Waals surface area contributed by atoms with Crippen LogP contribution in [0.2, 0.25) is 0 Å². The maximum Gasteiger partial charge on any atom is 0.256 e. The van der Waals surface area contributed by atoms with Crippen LogP contribution in [0, 0.1) is 0 Å². The molecule has 5 rings (SSSR count). The number of nitrogens with one attached hydrogen (secondary N) is 1. The Labute approximate surface area is 201 Å². The Morgan fingerprint density at radius 3 is 2.56 bits per heavy atom. The summed E-state index contributed by atoms with van der Waals surface area (Å²) >= 11 is 0. The highest BCUT2D eigenvalue weighted by Crippen LogP contribution is 2.28. The van der Waals surface area contributed by atoms with Crippen LogP contribution in [0.3, 0.4) is 0 Å². The van der Waals surface area contributed by atoms with E-state index in [0.29, 0.717) is 13.1 Å². The van der Waals surface area contributed by atoms with E-state index >= 15 is 0 Å². The summed E-state index contributed by atoms with van der Waals surface area (Å²) in [6.45, 7) is 6.02. The molecule has 0 radical (unpaired) electrons. The Balaban J connectivity index is 1.18. The molecule has 2 aliphatic rings. The summed E-state index contributed by atoms with van der Waals surface area (Å²) in [5.41, 5.74) is 4.34. The predicted octanol–water partition coefficient (Wildman–Crippen LogP) is 2.33. The van der Waals surface area contributed by atoms with Crippen molar-refractivity contribution in [2.24, 2.45) is 0 Å². The van der Waals surface area contributed by atoms with E-state index in [0.717, 1.165) is 68.3 Å². The molecule has 1 N–H and O–H groups in total. The highest BCUT2D eigenvalue weighted by molar-refractivity contribution is 5.58. The summed E-state index contributed by atoms with van der Waals surface area (Å²) in [7, 11) is 1.72. The predicted molar refractivity (Wildman–Crippen MR) is 135 cm³/mol. The minimum atomic E-state index is 0.122. The molecule has 0 amide bonds. The molecule has 2 aliphatic heterocycles. The zero-order chi connectivity index (χ0) is 23.3. The first-order valence-corrected chi connectivity index (χ1v) is 12.2. The molecule has 34 heavy (non-hydrogen) atoms. The second-order valence-corrected chi connectivity index (χ2v) is 9.14. The van der Waals surface area contributed by atoms with Gasteiger partial charge in [-0.15, -0.1) is 0 Å². The summed E-state index contributed by atoms with van der Waals surface area (Å²) in [4.78, 5) is 22.7. The molecule has 3 heterocycles. The lowest BCUT2D eigenvalue weighted by Gasteiger charge is -2.36. The van der Waals surface area contributed by atoms with Crippen LogP contribution in [0.1, 0.15) is 16.8 Å². The van der Waals surface area contributed by atoms with Gasteiger partial charge in [0.05, 0.1) is 24.8 Å². The molecule has 7 nitrogen and oxygen atoms in total. The fraction of sp³-hybridized carbons (Fsp3) is 0.407. The van der Waals surface area contributed by atoms with Crippen molar-refractivity contribution in [1.82, 2.24) is 19.8 Å². The van der Waals surface area contributed by atoms with Gasteiger partial charge in [-0.25, -0.2) is 4.98 Å². The topological polar surface area (TPSA) is 62.6 Å². The van der Waals surface area contributed by atoms with Crippen LogP contribution >= 0.6 is 0 Å². The molecule has 1 aromatic heterocycles. The van der Waals surface area contributed by atoms with Crippen molar-refractivity contribution < 1.29 is 4.74 Å². The first-order valence-electron chi connectivity index (χ1n) is 12.2. The third-order valence-electron chi connectivity index (χ3n) is 7.01. The number of methoxy groups -OCH3 is 1. The molecular weight excluding hydrogens is 426 g/mol. The molecule has 0 spiro atoms. The number of ether oxygens (including phenoxy) is 1. The van der Waals surface area contributed by atoms with Crippen LogP contribution in [0.4, 0.5) is 5.69 Å². The van der Waals surface area contributed by atoms with Gasteiger partial charge < -0.3 is 15.0 Å². The van der Waals surface area contributed by atoms with E-state index in [1.165, 1.54) is 5.56 Å². The van der Waals surface area contributed by atoms with E-state index in [1.807, 2.05) is 18.2 Å². The number of nitrogens with zero attached hydrogens (tertiary/aromatic N) is 4. The smallest absolute Gasteiger partial charge is 0.256 e. The minimum Gasteiger partial charge on any atom is -0.495 e. The number of para-hydroxylation sites is 2. The van der Waals surface area contributed by atoms with Crippen LogP contribution in [-0.4, -0.2) is 60.3 Å². The van der Waals surface area contributed by atoms with E-state index in [-0.39, 0.29) is 11.6 Å². The van der Waals surface area contributed by atoms with Crippen molar-refractivity contribution in [3.05, 3.63) is 88.1 Å². The van der Waals surface area contributed by atoms with Gasteiger partial charge >= 0.3 is 0 Å². The van der Waals surface area contributed by atoms with Gasteiger partial charge in [0.25, 0.3) is 5.56 Å². The minimum absolute atomic E-state index is 0.122. The largest absolute Gasteiger partial charge is 0.495 e. The molecule has 2 aromatic carbocycles. The van der Waals surface area contributed by atoms with Gasteiger partial charge in [0, 0.05) is 57.4 Å².